The van der Waals surface area contributed by atoms with Crippen molar-refractivity contribution in [3.05, 3.63) is 23.7 Å². The van der Waals surface area contributed by atoms with Crippen LogP contribution in [0, 0.1) is 6.92 Å². The van der Waals surface area contributed by atoms with Gasteiger partial charge in [-0.25, -0.2) is 0 Å². The maximum absolute atomic E-state index is 12.1. The highest BCUT2D eigenvalue weighted by atomic mass is 16.5. The zero-order valence-corrected chi connectivity index (χ0v) is 13.6. The van der Waals surface area contributed by atoms with E-state index in [1.165, 1.54) is 0 Å². The standard InChI is InChI=1S/C16H26N2O3/c1-11-6-7-14(21-11)15(19)17-10-16(4,5)18-8-12(2)20-13(3)9-18/h6-7,12-13H,8-10H2,1-5H3,(H,17,19)/t12-,13-/m0/s1. The predicted octanol–water partition coefficient (Wildman–Crippen LogP) is 2.21. The monoisotopic (exact) mass is 294 g/mol. The lowest BCUT2D eigenvalue weighted by molar-refractivity contribution is -0.0948. The van der Waals surface area contributed by atoms with Crippen LogP contribution in [0.1, 0.15) is 44.0 Å². The maximum Gasteiger partial charge on any atom is 0.287 e. The van der Waals surface area contributed by atoms with Crippen molar-refractivity contribution in [2.24, 2.45) is 0 Å². The zero-order valence-electron chi connectivity index (χ0n) is 13.6. The first-order valence-corrected chi connectivity index (χ1v) is 7.53. The molecule has 118 valence electrons. The first-order valence-electron chi connectivity index (χ1n) is 7.53. The van der Waals surface area contributed by atoms with Crippen LogP contribution in [0.5, 0.6) is 0 Å². The normalized spacial score (nSPS) is 24.0. The van der Waals surface area contributed by atoms with Crippen LogP contribution < -0.4 is 5.32 Å². The molecule has 0 aliphatic carbocycles. The summed E-state index contributed by atoms with van der Waals surface area (Å²) >= 11 is 0. The molecule has 1 N–H and O–H groups in total. The van der Waals surface area contributed by atoms with Crippen LogP contribution in [0.3, 0.4) is 0 Å². The molecule has 0 bridgehead atoms. The molecule has 2 rings (SSSR count). The lowest BCUT2D eigenvalue weighted by Crippen LogP contribution is -2.58. The molecule has 1 aromatic rings. The summed E-state index contributed by atoms with van der Waals surface area (Å²) < 4.78 is 11.1. The third kappa shape index (κ3) is 4.08. The van der Waals surface area contributed by atoms with Gasteiger partial charge in [-0.3, -0.25) is 9.69 Å². The van der Waals surface area contributed by atoms with E-state index in [0.717, 1.165) is 18.8 Å². The molecule has 1 aliphatic rings. The molecular weight excluding hydrogens is 268 g/mol. The van der Waals surface area contributed by atoms with Crippen molar-refractivity contribution >= 4 is 5.91 Å². The number of nitrogens with one attached hydrogen (secondary N) is 1. The minimum absolute atomic E-state index is 0.121. The summed E-state index contributed by atoms with van der Waals surface area (Å²) in [5, 5.41) is 2.96. The van der Waals surface area contributed by atoms with Crippen molar-refractivity contribution in [2.45, 2.75) is 52.4 Å². The van der Waals surface area contributed by atoms with Crippen LogP contribution in [-0.2, 0) is 4.74 Å². The molecule has 2 heterocycles. The maximum atomic E-state index is 12.1. The van der Waals surface area contributed by atoms with Crippen LogP contribution in [0.15, 0.2) is 16.5 Å². The molecule has 1 aliphatic heterocycles. The molecular formula is C16H26N2O3. The molecule has 1 amide bonds. The van der Waals surface area contributed by atoms with Gasteiger partial charge in [-0.1, -0.05) is 0 Å². The summed E-state index contributed by atoms with van der Waals surface area (Å²) in [6, 6.07) is 3.50. The number of morpholine rings is 1. The van der Waals surface area contributed by atoms with Crippen LogP contribution in [0.25, 0.3) is 0 Å². The fourth-order valence-electron chi connectivity index (χ4n) is 2.72. The van der Waals surface area contributed by atoms with Crippen LogP contribution in [0.4, 0.5) is 0 Å². The van der Waals surface area contributed by atoms with Gasteiger partial charge in [0.05, 0.1) is 12.2 Å². The Morgan fingerprint density at radius 1 is 1.33 bits per heavy atom. The van der Waals surface area contributed by atoms with E-state index in [1.807, 2.05) is 6.92 Å². The van der Waals surface area contributed by atoms with Gasteiger partial charge in [0, 0.05) is 25.2 Å². The van der Waals surface area contributed by atoms with Gasteiger partial charge in [0.15, 0.2) is 5.76 Å². The highest BCUT2D eigenvalue weighted by Crippen LogP contribution is 2.20. The number of furan rings is 1. The Morgan fingerprint density at radius 3 is 2.48 bits per heavy atom. The zero-order chi connectivity index (χ0) is 15.6. The van der Waals surface area contributed by atoms with Crippen molar-refractivity contribution in [3.63, 3.8) is 0 Å². The quantitative estimate of drug-likeness (QED) is 0.925. The number of carbonyl (C=O) groups is 1. The van der Waals surface area contributed by atoms with Crippen molar-refractivity contribution in [3.8, 4) is 0 Å². The number of hydrogen-bond donors (Lipinski definition) is 1. The largest absolute Gasteiger partial charge is 0.456 e. The van der Waals surface area contributed by atoms with E-state index in [1.54, 1.807) is 12.1 Å². The number of aryl methyl sites for hydroxylation is 1. The topological polar surface area (TPSA) is 54.7 Å². The van der Waals surface area contributed by atoms with E-state index in [0.29, 0.717) is 12.3 Å². The van der Waals surface area contributed by atoms with E-state index in [4.69, 9.17) is 9.15 Å². The average molecular weight is 294 g/mol. The highest BCUT2D eigenvalue weighted by Gasteiger charge is 2.33. The molecule has 2 atom stereocenters. The minimum atomic E-state index is -0.162. The Morgan fingerprint density at radius 2 is 1.95 bits per heavy atom. The third-order valence-electron chi connectivity index (χ3n) is 3.92. The van der Waals surface area contributed by atoms with Crippen molar-refractivity contribution < 1.29 is 13.9 Å². The van der Waals surface area contributed by atoms with E-state index < -0.39 is 0 Å². The third-order valence-corrected chi connectivity index (χ3v) is 3.92. The van der Waals surface area contributed by atoms with Crippen LogP contribution in [0.2, 0.25) is 0 Å². The Balaban J connectivity index is 1.92. The molecule has 0 unspecified atom stereocenters. The van der Waals surface area contributed by atoms with Crippen molar-refractivity contribution in [1.29, 1.82) is 0 Å². The van der Waals surface area contributed by atoms with Gasteiger partial charge in [-0.2, -0.15) is 0 Å². The Hall–Kier alpha value is -1.33. The Kier molecular flexibility index (Phi) is 4.74. The van der Waals surface area contributed by atoms with Gasteiger partial charge in [-0.15, -0.1) is 0 Å². The summed E-state index contributed by atoms with van der Waals surface area (Å²) in [5.74, 6) is 0.952. The summed E-state index contributed by atoms with van der Waals surface area (Å²) in [4.78, 5) is 14.4. The van der Waals surface area contributed by atoms with Crippen LogP contribution >= 0.6 is 0 Å². The van der Waals surface area contributed by atoms with Gasteiger partial charge in [0.2, 0.25) is 0 Å². The van der Waals surface area contributed by atoms with Gasteiger partial charge < -0.3 is 14.5 Å². The second-order valence-corrected chi connectivity index (χ2v) is 6.57. The minimum Gasteiger partial charge on any atom is -0.456 e. The first kappa shape index (κ1) is 16.0. The summed E-state index contributed by atoms with van der Waals surface area (Å²) in [6.45, 7) is 12.6. The molecule has 0 saturated carbocycles. The van der Waals surface area contributed by atoms with E-state index in [9.17, 15) is 4.79 Å². The van der Waals surface area contributed by atoms with Gasteiger partial charge >= 0.3 is 0 Å². The Bertz CT molecular complexity index is 485. The fraction of sp³-hybridized carbons (Fsp3) is 0.688. The molecule has 0 spiro atoms. The van der Waals surface area contributed by atoms with Gasteiger partial charge in [-0.05, 0) is 46.8 Å². The molecule has 21 heavy (non-hydrogen) atoms. The van der Waals surface area contributed by atoms with E-state index in [-0.39, 0.29) is 23.7 Å². The van der Waals surface area contributed by atoms with Crippen molar-refractivity contribution in [2.75, 3.05) is 19.6 Å². The lowest BCUT2D eigenvalue weighted by atomic mass is 10.00. The lowest BCUT2D eigenvalue weighted by Gasteiger charge is -2.45. The fourth-order valence-corrected chi connectivity index (χ4v) is 2.72. The molecule has 1 saturated heterocycles. The van der Waals surface area contributed by atoms with Crippen molar-refractivity contribution in [1.82, 2.24) is 10.2 Å². The number of rotatable bonds is 4. The molecule has 0 radical (unpaired) electrons. The molecule has 1 aromatic heterocycles. The molecule has 5 nitrogen and oxygen atoms in total. The second-order valence-electron chi connectivity index (χ2n) is 6.57. The average Bonchev–Trinajstić information content (AvgIpc) is 2.82. The van der Waals surface area contributed by atoms with Gasteiger partial charge in [0.25, 0.3) is 5.91 Å². The van der Waals surface area contributed by atoms with Crippen LogP contribution in [-0.4, -0.2) is 48.2 Å². The number of ether oxygens (including phenoxy) is 1. The predicted molar refractivity (Wildman–Crippen MR) is 81.4 cm³/mol. The Labute approximate surface area is 126 Å². The van der Waals surface area contributed by atoms with E-state index >= 15 is 0 Å². The number of nitrogens with zero attached hydrogens (tertiary/aromatic N) is 1. The molecule has 0 aromatic carbocycles. The summed E-state index contributed by atoms with van der Waals surface area (Å²) in [6.07, 6.45) is 0.438. The first-order chi connectivity index (χ1) is 9.78. The highest BCUT2D eigenvalue weighted by molar-refractivity contribution is 5.91. The molecule has 5 heteroatoms. The number of amides is 1. The second kappa shape index (κ2) is 6.20. The summed E-state index contributed by atoms with van der Waals surface area (Å²) in [5.41, 5.74) is -0.121. The molecule has 1 fully saturated rings. The number of carbonyl (C=O) groups excluding carboxylic acids is 1. The smallest absolute Gasteiger partial charge is 0.287 e. The summed E-state index contributed by atoms with van der Waals surface area (Å²) in [7, 11) is 0. The van der Waals surface area contributed by atoms with Gasteiger partial charge in [0.1, 0.15) is 5.76 Å². The SMILES string of the molecule is Cc1ccc(C(=O)NCC(C)(C)N2C[C@H](C)O[C@@H](C)C2)o1. The number of hydrogen-bond acceptors (Lipinski definition) is 4. The van der Waals surface area contributed by atoms with E-state index in [2.05, 4.69) is 37.9 Å².